The third kappa shape index (κ3) is 6.43. The second kappa shape index (κ2) is 8.93. The SMILES string of the molecule is CCCOCCNC(C)CN1CCOCC1. The molecule has 0 aromatic rings. The lowest BCUT2D eigenvalue weighted by Crippen LogP contribution is -2.45. The Morgan fingerprint density at radius 3 is 2.75 bits per heavy atom. The van der Waals surface area contributed by atoms with Gasteiger partial charge in [-0.1, -0.05) is 6.92 Å². The fourth-order valence-electron chi connectivity index (χ4n) is 1.86. The summed E-state index contributed by atoms with van der Waals surface area (Å²) >= 11 is 0. The average Bonchev–Trinajstić information content (AvgIpc) is 2.30. The van der Waals surface area contributed by atoms with Gasteiger partial charge in [0.1, 0.15) is 0 Å². The first kappa shape index (κ1) is 13.9. The van der Waals surface area contributed by atoms with Crippen LogP contribution in [-0.2, 0) is 9.47 Å². The lowest BCUT2D eigenvalue weighted by atomic mass is 10.3. The van der Waals surface area contributed by atoms with Gasteiger partial charge in [0.2, 0.25) is 0 Å². The first-order valence-electron chi connectivity index (χ1n) is 6.44. The van der Waals surface area contributed by atoms with E-state index in [-0.39, 0.29) is 0 Å². The van der Waals surface area contributed by atoms with Crippen LogP contribution in [0.15, 0.2) is 0 Å². The van der Waals surface area contributed by atoms with Crippen molar-refractivity contribution in [1.82, 2.24) is 10.2 Å². The summed E-state index contributed by atoms with van der Waals surface area (Å²) in [6, 6.07) is 0.531. The third-order valence-corrected chi connectivity index (χ3v) is 2.72. The number of ether oxygens (including phenoxy) is 2. The van der Waals surface area contributed by atoms with Crippen molar-refractivity contribution >= 4 is 0 Å². The first-order valence-corrected chi connectivity index (χ1v) is 6.44. The van der Waals surface area contributed by atoms with Crippen LogP contribution < -0.4 is 5.32 Å². The summed E-state index contributed by atoms with van der Waals surface area (Å²) in [7, 11) is 0. The maximum atomic E-state index is 5.43. The van der Waals surface area contributed by atoms with Gasteiger partial charge in [0.05, 0.1) is 19.8 Å². The van der Waals surface area contributed by atoms with Gasteiger partial charge in [-0.3, -0.25) is 4.90 Å². The number of hydrogen-bond acceptors (Lipinski definition) is 4. The van der Waals surface area contributed by atoms with E-state index in [1.165, 1.54) is 0 Å². The summed E-state index contributed by atoms with van der Waals surface area (Å²) in [6.07, 6.45) is 1.10. The summed E-state index contributed by atoms with van der Waals surface area (Å²) in [6.45, 7) is 12.0. The maximum Gasteiger partial charge on any atom is 0.0594 e. The lowest BCUT2D eigenvalue weighted by molar-refractivity contribution is 0.0338. The minimum atomic E-state index is 0.531. The lowest BCUT2D eigenvalue weighted by Gasteiger charge is -2.29. The van der Waals surface area contributed by atoms with Gasteiger partial charge in [0.25, 0.3) is 0 Å². The Bertz CT molecular complexity index is 161. The van der Waals surface area contributed by atoms with Gasteiger partial charge in [-0.25, -0.2) is 0 Å². The molecule has 0 amide bonds. The molecular formula is C12H26N2O2. The van der Waals surface area contributed by atoms with Crippen molar-refractivity contribution in [2.45, 2.75) is 26.3 Å². The zero-order valence-corrected chi connectivity index (χ0v) is 10.7. The summed E-state index contributed by atoms with van der Waals surface area (Å²) < 4.78 is 10.8. The van der Waals surface area contributed by atoms with E-state index in [0.717, 1.165) is 59.0 Å². The molecule has 4 heteroatoms. The summed E-state index contributed by atoms with van der Waals surface area (Å²) in [5.41, 5.74) is 0. The van der Waals surface area contributed by atoms with Crippen molar-refractivity contribution in [2.75, 3.05) is 52.6 Å². The summed E-state index contributed by atoms with van der Waals surface area (Å²) in [5, 5.41) is 3.48. The van der Waals surface area contributed by atoms with E-state index < -0.39 is 0 Å². The van der Waals surface area contributed by atoms with Crippen molar-refractivity contribution in [3.63, 3.8) is 0 Å². The predicted octanol–water partition coefficient (Wildman–Crippen LogP) is 0.723. The largest absolute Gasteiger partial charge is 0.380 e. The second-order valence-corrected chi connectivity index (χ2v) is 4.38. The molecule has 96 valence electrons. The molecule has 4 nitrogen and oxygen atoms in total. The molecule has 1 fully saturated rings. The standard InChI is InChI=1S/C12H26N2O2/c1-3-7-15-8-4-13-12(2)11-14-5-9-16-10-6-14/h12-13H,3-11H2,1-2H3. The number of hydrogen-bond donors (Lipinski definition) is 1. The molecule has 0 aromatic carbocycles. The van der Waals surface area contributed by atoms with E-state index in [0.29, 0.717) is 6.04 Å². The molecule has 1 unspecified atom stereocenters. The molecule has 1 heterocycles. The van der Waals surface area contributed by atoms with Crippen LogP contribution in [0.4, 0.5) is 0 Å². The van der Waals surface area contributed by atoms with Crippen LogP contribution in [0.5, 0.6) is 0 Å². The molecule has 1 aliphatic heterocycles. The van der Waals surface area contributed by atoms with Gasteiger partial charge in [0, 0.05) is 38.8 Å². The fraction of sp³-hybridized carbons (Fsp3) is 1.00. The molecule has 1 aliphatic rings. The topological polar surface area (TPSA) is 33.7 Å². The normalized spacial score (nSPS) is 19.9. The van der Waals surface area contributed by atoms with Crippen molar-refractivity contribution in [3.05, 3.63) is 0 Å². The molecule has 1 atom stereocenters. The molecule has 0 spiro atoms. The van der Waals surface area contributed by atoms with Crippen LogP contribution in [0.25, 0.3) is 0 Å². The highest BCUT2D eigenvalue weighted by molar-refractivity contribution is 4.69. The Kier molecular flexibility index (Phi) is 7.76. The monoisotopic (exact) mass is 230 g/mol. The third-order valence-electron chi connectivity index (χ3n) is 2.72. The molecule has 1 saturated heterocycles. The number of nitrogens with one attached hydrogen (secondary N) is 1. The van der Waals surface area contributed by atoms with E-state index in [4.69, 9.17) is 9.47 Å². The van der Waals surface area contributed by atoms with Crippen LogP contribution in [0.3, 0.4) is 0 Å². The molecule has 0 aliphatic carbocycles. The van der Waals surface area contributed by atoms with Crippen molar-refractivity contribution < 1.29 is 9.47 Å². The number of rotatable bonds is 8. The zero-order chi connectivity index (χ0) is 11.6. The number of morpholine rings is 1. The molecule has 0 radical (unpaired) electrons. The van der Waals surface area contributed by atoms with Crippen LogP contribution >= 0.6 is 0 Å². The van der Waals surface area contributed by atoms with Crippen LogP contribution in [0, 0.1) is 0 Å². The average molecular weight is 230 g/mol. The predicted molar refractivity (Wildman–Crippen MR) is 65.8 cm³/mol. The van der Waals surface area contributed by atoms with Gasteiger partial charge in [-0.05, 0) is 13.3 Å². The molecule has 0 saturated carbocycles. The van der Waals surface area contributed by atoms with Crippen LogP contribution in [-0.4, -0.2) is 63.5 Å². The quantitative estimate of drug-likeness (QED) is 0.623. The Morgan fingerprint density at radius 2 is 2.06 bits per heavy atom. The van der Waals surface area contributed by atoms with Crippen molar-refractivity contribution in [2.24, 2.45) is 0 Å². The summed E-state index contributed by atoms with van der Waals surface area (Å²) in [4.78, 5) is 2.45. The molecule has 0 aromatic heterocycles. The molecular weight excluding hydrogens is 204 g/mol. The Balaban J connectivity index is 1.95. The Hall–Kier alpha value is -0.160. The van der Waals surface area contributed by atoms with Crippen molar-refractivity contribution in [3.8, 4) is 0 Å². The van der Waals surface area contributed by atoms with Crippen molar-refractivity contribution in [1.29, 1.82) is 0 Å². The maximum absolute atomic E-state index is 5.43. The van der Waals surface area contributed by atoms with Crippen LogP contribution in [0.1, 0.15) is 20.3 Å². The fourth-order valence-corrected chi connectivity index (χ4v) is 1.86. The van der Waals surface area contributed by atoms with E-state index in [1.807, 2.05) is 0 Å². The van der Waals surface area contributed by atoms with Gasteiger partial charge in [-0.2, -0.15) is 0 Å². The molecule has 1 N–H and O–H groups in total. The van der Waals surface area contributed by atoms with E-state index in [9.17, 15) is 0 Å². The Morgan fingerprint density at radius 1 is 1.31 bits per heavy atom. The smallest absolute Gasteiger partial charge is 0.0594 e. The van der Waals surface area contributed by atoms with E-state index in [2.05, 4.69) is 24.1 Å². The van der Waals surface area contributed by atoms with E-state index in [1.54, 1.807) is 0 Å². The first-order chi connectivity index (χ1) is 7.83. The Labute approximate surface area is 99.3 Å². The summed E-state index contributed by atoms with van der Waals surface area (Å²) in [5.74, 6) is 0. The molecule has 0 bridgehead atoms. The van der Waals surface area contributed by atoms with Gasteiger partial charge < -0.3 is 14.8 Å². The zero-order valence-electron chi connectivity index (χ0n) is 10.7. The van der Waals surface area contributed by atoms with Gasteiger partial charge in [0.15, 0.2) is 0 Å². The molecule has 1 rings (SSSR count). The highest BCUT2D eigenvalue weighted by Crippen LogP contribution is 1.98. The van der Waals surface area contributed by atoms with Gasteiger partial charge in [-0.15, -0.1) is 0 Å². The van der Waals surface area contributed by atoms with Gasteiger partial charge >= 0.3 is 0 Å². The highest BCUT2D eigenvalue weighted by atomic mass is 16.5. The minimum absolute atomic E-state index is 0.531. The molecule has 16 heavy (non-hydrogen) atoms. The highest BCUT2D eigenvalue weighted by Gasteiger charge is 2.12. The number of nitrogens with zero attached hydrogens (tertiary/aromatic N) is 1. The minimum Gasteiger partial charge on any atom is -0.380 e. The second-order valence-electron chi connectivity index (χ2n) is 4.38. The van der Waals surface area contributed by atoms with Crippen LogP contribution in [0.2, 0.25) is 0 Å². The van der Waals surface area contributed by atoms with E-state index >= 15 is 0 Å².